The Kier molecular flexibility index (Phi) is 2.20. The van der Waals surface area contributed by atoms with Gasteiger partial charge in [-0.1, -0.05) is 0 Å². The van der Waals surface area contributed by atoms with Crippen molar-refractivity contribution < 1.29 is 8.78 Å². The molecule has 0 aliphatic carbocycles. The van der Waals surface area contributed by atoms with E-state index in [1.807, 2.05) is 0 Å². The van der Waals surface area contributed by atoms with Gasteiger partial charge in [-0.15, -0.1) is 0 Å². The molecule has 3 heteroatoms. The average Bonchev–Trinajstić information content (AvgIpc) is 1.95. The summed E-state index contributed by atoms with van der Waals surface area (Å²) in [5.41, 5.74) is 0.587. The quantitative estimate of drug-likeness (QED) is 0.625. The van der Waals surface area contributed by atoms with Crippen LogP contribution in [0.25, 0.3) is 0 Å². The minimum atomic E-state index is -0.633. The SMILES string of the molecule is FCNc1ccc(F)cc1. The van der Waals surface area contributed by atoms with E-state index in [2.05, 4.69) is 5.32 Å². The van der Waals surface area contributed by atoms with Crippen molar-refractivity contribution in [1.29, 1.82) is 0 Å². The van der Waals surface area contributed by atoms with Gasteiger partial charge < -0.3 is 5.32 Å². The number of nitrogens with one attached hydrogen (secondary N) is 1. The molecule has 1 nitrogen and oxygen atoms in total. The third kappa shape index (κ3) is 1.69. The fourth-order valence-corrected chi connectivity index (χ4v) is 0.645. The molecule has 0 aromatic heterocycles. The second-order valence-electron chi connectivity index (χ2n) is 1.82. The Hall–Kier alpha value is -1.12. The highest BCUT2D eigenvalue weighted by atomic mass is 19.1. The summed E-state index contributed by atoms with van der Waals surface area (Å²) >= 11 is 0. The Morgan fingerprint density at radius 3 is 2.30 bits per heavy atom. The zero-order valence-corrected chi connectivity index (χ0v) is 5.27. The zero-order chi connectivity index (χ0) is 7.40. The maximum Gasteiger partial charge on any atom is 0.159 e. The van der Waals surface area contributed by atoms with E-state index in [4.69, 9.17) is 0 Å². The lowest BCUT2D eigenvalue weighted by Gasteiger charge is -1.98. The second kappa shape index (κ2) is 3.15. The molecule has 0 saturated heterocycles. The molecule has 0 atom stereocenters. The van der Waals surface area contributed by atoms with Crippen LogP contribution in [0.5, 0.6) is 0 Å². The predicted molar refractivity (Wildman–Crippen MR) is 36.0 cm³/mol. The predicted octanol–water partition coefficient (Wildman–Crippen LogP) is 2.16. The Morgan fingerprint density at radius 1 is 1.20 bits per heavy atom. The van der Waals surface area contributed by atoms with Crippen molar-refractivity contribution in [3.05, 3.63) is 30.1 Å². The number of alkyl halides is 1. The van der Waals surface area contributed by atoms with Crippen LogP contribution in [0.15, 0.2) is 24.3 Å². The molecule has 0 heterocycles. The largest absolute Gasteiger partial charge is 0.359 e. The van der Waals surface area contributed by atoms with E-state index < -0.39 is 6.80 Å². The molecule has 0 aliphatic rings. The highest BCUT2D eigenvalue weighted by molar-refractivity contribution is 5.42. The van der Waals surface area contributed by atoms with Crippen LogP contribution < -0.4 is 5.32 Å². The summed E-state index contributed by atoms with van der Waals surface area (Å²) in [7, 11) is 0. The topological polar surface area (TPSA) is 12.0 Å². The summed E-state index contributed by atoms with van der Waals surface area (Å²) in [6, 6.07) is 5.51. The number of anilines is 1. The molecule has 0 radical (unpaired) electrons. The van der Waals surface area contributed by atoms with Crippen molar-refractivity contribution in [3.63, 3.8) is 0 Å². The molecule has 0 bridgehead atoms. The maximum atomic E-state index is 12.2. The third-order valence-electron chi connectivity index (χ3n) is 1.12. The van der Waals surface area contributed by atoms with E-state index in [0.29, 0.717) is 5.69 Å². The molecule has 1 N–H and O–H groups in total. The summed E-state index contributed by atoms with van der Waals surface area (Å²) in [6.45, 7) is -0.633. The number of halogens is 2. The van der Waals surface area contributed by atoms with Crippen LogP contribution in [-0.4, -0.2) is 6.80 Å². The van der Waals surface area contributed by atoms with Gasteiger partial charge >= 0.3 is 0 Å². The summed E-state index contributed by atoms with van der Waals surface area (Å²) < 4.78 is 23.8. The smallest absolute Gasteiger partial charge is 0.159 e. The van der Waals surface area contributed by atoms with Crippen LogP contribution in [0, 0.1) is 5.82 Å². The molecule has 1 aromatic rings. The van der Waals surface area contributed by atoms with E-state index in [9.17, 15) is 8.78 Å². The van der Waals surface area contributed by atoms with Crippen molar-refractivity contribution >= 4 is 5.69 Å². The fourth-order valence-electron chi connectivity index (χ4n) is 0.645. The van der Waals surface area contributed by atoms with E-state index >= 15 is 0 Å². The number of hydrogen-bond acceptors (Lipinski definition) is 1. The van der Waals surface area contributed by atoms with Crippen LogP contribution in [0.1, 0.15) is 0 Å². The first-order valence-corrected chi connectivity index (χ1v) is 2.88. The second-order valence-corrected chi connectivity index (χ2v) is 1.82. The monoisotopic (exact) mass is 143 g/mol. The summed E-state index contributed by atoms with van der Waals surface area (Å²) in [4.78, 5) is 0. The highest BCUT2D eigenvalue weighted by Gasteiger charge is 1.89. The minimum absolute atomic E-state index is 0.315. The van der Waals surface area contributed by atoms with Crippen molar-refractivity contribution in [2.75, 3.05) is 12.1 Å². The Labute approximate surface area is 57.7 Å². The highest BCUT2D eigenvalue weighted by Crippen LogP contribution is 2.07. The normalized spacial score (nSPS) is 9.40. The van der Waals surface area contributed by atoms with Gasteiger partial charge in [0, 0.05) is 5.69 Å². The van der Waals surface area contributed by atoms with Crippen LogP contribution >= 0.6 is 0 Å². The molecule has 0 spiro atoms. The van der Waals surface area contributed by atoms with Gasteiger partial charge in [0.25, 0.3) is 0 Å². The van der Waals surface area contributed by atoms with Crippen molar-refractivity contribution in [2.45, 2.75) is 0 Å². The zero-order valence-electron chi connectivity index (χ0n) is 5.27. The number of benzene rings is 1. The summed E-state index contributed by atoms with van der Waals surface area (Å²) in [5.74, 6) is -0.315. The van der Waals surface area contributed by atoms with Crippen LogP contribution in [0.3, 0.4) is 0 Å². The lowest BCUT2D eigenvalue weighted by Crippen LogP contribution is -1.93. The van der Waals surface area contributed by atoms with Gasteiger partial charge in [0.1, 0.15) is 5.82 Å². The maximum absolute atomic E-state index is 12.2. The van der Waals surface area contributed by atoms with Gasteiger partial charge in [-0.3, -0.25) is 0 Å². The van der Waals surface area contributed by atoms with Crippen LogP contribution in [0.2, 0.25) is 0 Å². The molecule has 54 valence electrons. The first kappa shape index (κ1) is 6.99. The standard InChI is InChI=1S/C7H7F2N/c8-5-10-7-3-1-6(9)2-4-7/h1-4,10H,5H2. The minimum Gasteiger partial charge on any atom is -0.359 e. The molecule has 1 aromatic carbocycles. The molecular weight excluding hydrogens is 136 g/mol. The Bertz CT molecular complexity index is 195. The summed E-state index contributed by atoms with van der Waals surface area (Å²) in [5, 5.41) is 2.40. The van der Waals surface area contributed by atoms with Gasteiger partial charge in [0.05, 0.1) is 0 Å². The number of rotatable bonds is 2. The van der Waals surface area contributed by atoms with Gasteiger partial charge in [-0.05, 0) is 24.3 Å². The first-order valence-electron chi connectivity index (χ1n) is 2.88. The molecule has 0 aliphatic heterocycles. The van der Waals surface area contributed by atoms with Gasteiger partial charge in [-0.2, -0.15) is 0 Å². The van der Waals surface area contributed by atoms with Crippen LogP contribution in [-0.2, 0) is 0 Å². The molecule has 1 rings (SSSR count). The molecule has 0 fully saturated rings. The molecule has 0 unspecified atom stereocenters. The van der Waals surface area contributed by atoms with Crippen LogP contribution in [0.4, 0.5) is 14.5 Å². The van der Waals surface area contributed by atoms with Gasteiger partial charge in [-0.25, -0.2) is 8.78 Å². The van der Waals surface area contributed by atoms with Crippen molar-refractivity contribution in [1.82, 2.24) is 0 Å². The Morgan fingerprint density at radius 2 is 1.80 bits per heavy atom. The van der Waals surface area contributed by atoms with Crippen molar-refractivity contribution in [3.8, 4) is 0 Å². The first-order chi connectivity index (χ1) is 4.83. The molecule has 0 amide bonds. The lowest BCUT2D eigenvalue weighted by molar-refractivity contribution is 0.536. The fraction of sp³-hybridized carbons (Fsp3) is 0.143. The summed E-state index contributed by atoms with van der Waals surface area (Å²) in [6.07, 6.45) is 0. The van der Waals surface area contributed by atoms with E-state index in [1.165, 1.54) is 24.3 Å². The molecular formula is C7H7F2N. The number of hydrogen-bond donors (Lipinski definition) is 1. The van der Waals surface area contributed by atoms with E-state index in [1.54, 1.807) is 0 Å². The molecule has 10 heavy (non-hydrogen) atoms. The van der Waals surface area contributed by atoms with Gasteiger partial charge in [0.2, 0.25) is 0 Å². The third-order valence-corrected chi connectivity index (χ3v) is 1.12. The van der Waals surface area contributed by atoms with E-state index in [0.717, 1.165) is 0 Å². The van der Waals surface area contributed by atoms with E-state index in [-0.39, 0.29) is 5.82 Å². The lowest BCUT2D eigenvalue weighted by atomic mass is 10.3. The van der Waals surface area contributed by atoms with Crippen molar-refractivity contribution in [2.24, 2.45) is 0 Å². The van der Waals surface area contributed by atoms with Gasteiger partial charge in [0.15, 0.2) is 6.80 Å². The average molecular weight is 143 g/mol. The Balaban J connectivity index is 2.69. The molecule has 0 saturated carbocycles.